The average molecular weight is 267 g/mol. The number of aryl methyl sites for hydroxylation is 1. The molecule has 0 atom stereocenters. The van der Waals surface area contributed by atoms with E-state index in [1.54, 1.807) is 19.1 Å². The standard InChI is InChI=1S/C12H17N3O4/c1-9-5-6-11(10(8-9)15(17)18)19-7-3-2-4-12(13)14-16/h5-6,8,16H,2-4,7H2,1H3,(H2,13,14). The molecule has 0 aliphatic heterocycles. The topological polar surface area (TPSA) is 111 Å². The minimum Gasteiger partial charge on any atom is -0.487 e. The predicted octanol–water partition coefficient (Wildman–Crippen LogP) is 2.20. The van der Waals surface area contributed by atoms with Gasteiger partial charge in [0.1, 0.15) is 5.84 Å². The summed E-state index contributed by atoms with van der Waals surface area (Å²) in [6.07, 6.45) is 1.83. The summed E-state index contributed by atoms with van der Waals surface area (Å²) in [5.74, 6) is 0.431. The van der Waals surface area contributed by atoms with Crippen LogP contribution in [-0.4, -0.2) is 22.6 Å². The maximum absolute atomic E-state index is 10.9. The summed E-state index contributed by atoms with van der Waals surface area (Å²) in [4.78, 5) is 10.4. The number of ether oxygens (including phenoxy) is 1. The zero-order chi connectivity index (χ0) is 14.3. The number of amidine groups is 1. The molecule has 0 spiro atoms. The zero-order valence-corrected chi connectivity index (χ0v) is 10.7. The molecule has 0 aromatic heterocycles. The van der Waals surface area contributed by atoms with Crippen molar-refractivity contribution >= 4 is 11.5 Å². The van der Waals surface area contributed by atoms with Gasteiger partial charge in [0.2, 0.25) is 0 Å². The van der Waals surface area contributed by atoms with Gasteiger partial charge in [0.25, 0.3) is 0 Å². The number of benzene rings is 1. The van der Waals surface area contributed by atoms with Crippen LogP contribution in [0, 0.1) is 17.0 Å². The summed E-state index contributed by atoms with van der Waals surface area (Å²) in [6.45, 7) is 2.14. The zero-order valence-electron chi connectivity index (χ0n) is 10.7. The van der Waals surface area contributed by atoms with Gasteiger partial charge in [0.05, 0.1) is 11.5 Å². The van der Waals surface area contributed by atoms with Crippen LogP contribution in [0.15, 0.2) is 23.4 Å². The largest absolute Gasteiger partial charge is 0.487 e. The van der Waals surface area contributed by atoms with Gasteiger partial charge in [-0.1, -0.05) is 11.2 Å². The van der Waals surface area contributed by atoms with Crippen LogP contribution in [0.1, 0.15) is 24.8 Å². The molecule has 0 amide bonds. The summed E-state index contributed by atoms with van der Waals surface area (Å²) in [5, 5.41) is 22.1. The molecule has 104 valence electrons. The molecule has 1 aromatic carbocycles. The third-order valence-electron chi connectivity index (χ3n) is 2.52. The molecular weight excluding hydrogens is 250 g/mol. The van der Waals surface area contributed by atoms with Gasteiger partial charge in [-0.05, 0) is 31.4 Å². The Kier molecular flexibility index (Phi) is 5.59. The molecule has 0 bridgehead atoms. The lowest BCUT2D eigenvalue weighted by Crippen LogP contribution is -2.11. The van der Waals surface area contributed by atoms with Crippen molar-refractivity contribution in [2.45, 2.75) is 26.2 Å². The van der Waals surface area contributed by atoms with E-state index in [0.29, 0.717) is 25.9 Å². The van der Waals surface area contributed by atoms with Crippen LogP contribution in [0.2, 0.25) is 0 Å². The minimum absolute atomic E-state index is 0.0311. The number of nitrogens with zero attached hydrogens (tertiary/aromatic N) is 2. The Morgan fingerprint density at radius 1 is 1.53 bits per heavy atom. The highest BCUT2D eigenvalue weighted by atomic mass is 16.6. The monoisotopic (exact) mass is 267 g/mol. The second kappa shape index (κ2) is 7.20. The lowest BCUT2D eigenvalue weighted by molar-refractivity contribution is -0.385. The fraction of sp³-hybridized carbons (Fsp3) is 0.417. The number of nitro benzene ring substituents is 1. The Morgan fingerprint density at radius 3 is 2.89 bits per heavy atom. The van der Waals surface area contributed by atoms with Crippen molar-refractivity contribution in [3.63, 3.8) is 0 Å². The van der Waals surface area contributed by atoms with Crippen molar-refractivity contribution < 1.29 is 14.9 Å². The molecule has 1 aromatic rings. The van der Waals surface area contributed by atoms with E-state index in [4.69, 9.17) is 15.7 Å². The molecule has 19 heavy (non-hydrogen) atoms. The van der Waals surface area contributed by atoms with Crippen molar-refractivity contribution in [1.82, 2.24) is 0 Å². The van der Waals surface area contributed by atoms with Crippen molar-refractivity contribution in [1.29, 1.82) is 0 Å². The van der Waals surface area contributed by atoms with Crippen LogP contribution in [0.5, 0.6) is 5.75 Å². The molecule has 0 radical (unpaired) electrons. The SMILES string of the molecule is Cc1ccc(OCCCC/C(N)=N/O)c([N+](=O)[O-])c1. The molecule has 0 unspecified atom stereocenters. The van der Waals surface area contributed by atoms with Gasteiger partial charge in [-0.3, -0.25) is 10.1 Å². The minimum atomic E-state index is -0.460. The maximum Gasteiger partial charge on any atom is 0.311 e. The third-order valence-corrected chi connectivity index (χ3v) is 2.52. The number of oxime groups is 1. The van der Waals surface area contributed by atoms with Gasteiger partial charge in [-0.25, -0.2) is 0 Å². The van der Waals surface area contributed by atoms with E-state index in [0.717, 1.165) is 5.56 Å². The normalized spacial score (nSPS) is 11.3. The first kappa shape index (κ1) is 14.7. The predicted molar refractivity (Wildman–Crippen MR) is 70.6 cm³/mol. The van der Waals surface area contributed by atoms with Crippen LogP contribution in [0.25, 0.3) is 0 Å². The Hall–Kier alpha value is -2.31. The first-order chi connectivity index (χ1) is 9.04. The smallest absolute Gasteiger partial charge is 0.311 e. The van der Waals surface area contributed by atoms with Gasteiger partial charge in [-0.15, -0.1) is 0 Å². The summed E-state index contributed by atoms with van der Waals surface area (Å²) in [5.41, 5.74) is 6.10. The van der Waals surface area contributed by atoms with E-state index in [-0.39, 0.29) is 17.3 Å². The Labute approximate surface area is 110 Å². The quantitative estimate of drug-likeness (QED) is 0.196. The highest BCUT2D eigenvalue weighted by Gasteiger charge is 2.14. The molecule has 0 fully saturated rings. The molecule has 0 heterocycles. The number of hydrogen-bond donors (Lipinski definition) is 2. The second-order valence-corrected chi connectivity index (χ2v) is 4.13. The lowest BCUT2D eigenvalue weighted by atomic mass is 10.2. The molecule has 0 saturated carbocycles. The molecular formula is C12H17N3O4. The van der Waals surface area contributed by atoms with Crippen LogP contribution in [0.4, 0.5) is 5.69 Å². The average Bonchev–Trinajstić information content (AvgIpc) is 2.39. The van der Waals surface area contributed by atoms with Crippen molar-refractivity contribution in [2.24, 2.45) is 10.9 Å². The van der Waals surface area contributed by atoms with Gasteiger partial charge in [0, 0.05) is 12.5 Å². The molecule has 7 heteroatoms. The third kappa shape index (κ3) is 4.82. The number of nitro groups is 1. The van der Waals surface area contributed by atoms with Gasteiger partial charge >= 0.3 is 5.69 Å². The summed E-state index contributed by atoms with van der Waals surface area (Å²) in [7, 11) is 0. The fourth-order valence-electron chi connectivity index (χ4n) is 1.53. The first-order valence-corrected chi connectivity index (χ1v) is 5.89. The van der Waals surface area contributed by atoms with E-state index >= 15 is 0 Å². The molecule has 0 aliphatic carbocycles. The van der Waals surface area contributed by atoms with Crippen LogP contribution >= 0.6 is 0 Å². The van der Waals surface area contributed by atoms with Gasteiger partial charge < -0.3 is 15.7 Å². The summed E-state index contributed by atoms with van der Waals surface area (Å²) >= 11 is 0. The van der Waals surface area contributed by atoms with E-state index < -0.39 is 4.92 Å². The maximum atomic E-state index is 10.9. The molecule has 7 nitrogen and oxygen atoms in total. The van der Waals surface area contributed by atoms with E-state index in [1.807, 2.05) is 0 Å². The molecule has 3 N–H and O–H groups in total. The number of rotatable bonds is 7. The van der Waals surface area contributed by atoms with E-state index in [2.05, 4.69) is 5.16 Å². The van der Waals surface area contributed by atoms with E-state index in [9.17, 15) is 10.1 Å². The van der Waals surface area contributed by atoms with Crippen LogP contribution in [0.3, 0.4) is 0 Å². The Bertz CT molecular complexity index is 474. The second-order valence-electron chi connectivity index (χ2n) is 4.13. The molecule has 0 aliphatic rings. The molecule has 1 rings (SSSR count). The number of unbranched alkanes of at least 4 members (excludes halogenated alkanes) is 1. The summed E-state index contributed by atoms with van der Waals surface area (Å²) < 4.78 is 5.38. The van der Waals surface area contributed by atoms with Gasteiger partial charge in [-0.2, -0.15) is 0 Å². The van der Waals surface area contributed by atoms with Crippen LogP contribution in [-0.2, 0) is 0 Å². The number of nitrogens with two attached hydrogens (primary N) is 1. The highest BCUT2D eigenvalue weighted by molar-refractivity contribution is 5.79. The number of hydrogen-bond acceptors (Lipinski definition) is 5. The van der Waals surface area contributed by atoms with Gasteiger partial charge in [0.15, 0.2) is 5.75 Å². The fourth-order valence-corrected chi connectivity index (χ4v) is 1.53. The van der Waals surface area contributed by atoms with Crippen molar-refractivity contribution in [3.8, 4) is 5.75 Å². The first-order valence-electron chi connectivity index (χ1n) is 5.89. The van der Waals surface area contributed by atoms with Crippen molar-refractivity contribution in [3.05, 3.63) is 33.9 Å². The molecule has 0 saturated heterocycles. The van der Waals surface area contributed by atoms with Crippen molar-refractivity contribution in [2.75, 3.05) is 6.61 Å². The summed E-state index contributed by atoms with van der Waals surface area (Å²) in [6, 6.07) is 4.83. The highest BCUT2D eigenvalue weighted by Crippen LogP contribution is 2.27. The Balaban J connectivity index is 2.47. The van der Waals surface area contributed by atoms with E-state index in [1.165, 1.54) is 6.07 Å². The Morgan fingerprint density at radius 2 is 2.26 bits per heavy atom. The lowest BCUT2D eigenvalue weighted by Gasteiger charge is -2.07. The van der Waals surface area contributed by atoms with Crippen LogP contribution < -0.4 is 10.5 Å².